The van der Waals surface area contributed by atoms with Gasteiger partial charge in [0.25, 0.3) is 0 Å². The van der Waals surface area contributed by atoms with E-state index in [0.717, 1.165) is 29.0 Å². The molecule has 3 rings (SSSR count). The first-order valence-corrected chi connectivity index (χ1v) is 9.92. The van der Waals surface area contributed by atoms with E-state index in [0.29, 0.717) is 5.75 Å². The maximum absolute atomic E-state index is 13.6. The molecule has 0 aliphatic heterocycles. The predicted octanol–water partition coefficient (Wildman–Crippen LogP) is 6.84. The molecular weight excluding hydrogens is 435 g/mol. The summed E-state index contributed by atoms with van der Waals surface area (Å²) in [5.74, 6) is 0.196. The van der Waals surface area contributed by atoms with Gasteiger partial charge < -0.3 is 4.74 Å². The molecule has 0 unspecified atom stereocenters. The van der Waals surface area contributed by atoms with E-state index in [-0.39, 0.29) is 22.0 Å². The monoisotopic (exact) mass is 450 g/mol. The molecule has 0 bridgehead atoms. The van der Waals surface area contributed by atoms with Crippen molar-refractivity contribution in [3.05, 3.63) is 76.9 Å². The van der Waals surface area contributed by atoms with Crippen LogP contribution in [0.15, 0.2) is 59.6 Å². The number of pyridine rings is 1. The molecule has 0 N–H and O–H groups in total. The number of thioether (sulfide) groups is 1. The average molecular weight is 450 g/mol. The first kappa shape index (κ1) is 22.6. The van der Waals surface area contributed by atoms with Gasteiger partial charge in [-0.1, -0.05) is 29.8 Å². The molecule has 1 aromatic heterocycles. The highest BCUT2D eigenvalue weighted by molar-refractivity contribution is 7.98. The quantitative estimate of drug-likeness (QED) is 0.305. The van der Waals surface area contributed by atoms with Crippen LogP contribution in [0.1, 0.15) is 22.3 Å². The summed E-state index contributed by atoms with van der Waals surface area (Å²) in [4.78, 5) is 4.26. The molecule has 0 saturated heterocycles. The number of halogens is 5. The third kappa shape index (κ3) is 5.73. The third-order valence-electron chi connectivity index (χ3n) is 4.27. The second kappa shape index (κ2) is 9.35. The number of hydrogen-bond donors (Lipinski definition) is 0. The second-order valence-corrected chi connectivity index (χ2v) is 7.49. The van der Waals surface area contributed by atoms with Crippen molar-refractivity contribution in [3.8, 4) is 23.1 Å². The first-order chi connectivity index (χ1) is 14.7. The van der Waals surface area contributed by atoms with Crippen LogP contribution < -0.4 is 4.74 Å². The first-order valence-electron chi connectivity index (χ1n) is 8.93. The van der Waals surface area contributed by atoms with Crippen molar-refractivity contribution in [2.24, 2.45) is 0 Å². The number of nitriles is 1. The van der Waals surface area contributed by atoms with Crippen LogP contribution in [0.25, 0.3) is 11.3 Å². The van der Waals surface area contributed by atoms with E-state index in [9.17, 15) is 27.2 Å². The van der Waals surface area contributed by atoms with Gasteiger partial charge in [0.1, 0.15) is 16.8 Å². The van der Waals surface area contributed by atoms with Gasteiger partial charge >= 0.3 is 12.8 Å². The van der Waals surface area contributed by atoms with Crippen LogP contribution in [0.3, 0.4) is 0 Å². The molecule has 0 atom stereocenters. The lowest BCUT2D eigenvalue weighted by Gasteiger charge is -2.14. The Morgan fingerprint density at radius 3 is 2.26 bits per heavy atom. The van der Waals surface area contributed by atoms with E-state index in [1.807, 2.05) is 31.2 Å². The van der Waals surface area contributed by atoms with Gasteiger partial charge in [-0.3, -0.25) is 0 Å². The fourth-order valence-corrected chi connectivity index (χ4v) is 3.71. The topological polar surface area (TPSA) is 45.9 Å². The van der Waals surface area contributed by atoms with Crippen molar-refractivity contribution in [2.45, 2.75) is 30.5 Å². The van der Waals surface area contributed by atoms with E-state index in [2.05, 4.69) is 9.72 Å². The molecule has 0 fully saturated rings. The molecule has 3 nitrogen and oxygen atoms in total. The summed E-state index contributed by atoms with van der Waals surface area (Å²) in [5.41, 5.74) is 0.513. The van der Waals surface area contributed by atoms with Gasteiger partial charge in [-0.15, -0.1) is 11.8 Å². The number of aryl methyl sites for hydroxylation is 1. The molecule has 9 heteroatoms. The summed E-state index contributed by atoms with van der Waals surface area (Å²) in [6.45, 7) is -1.09. The Morgan fingerprint density at radius 2 is 1.71 bits per heavy atom. The number of hydrogen-bond acceptors (Lipinski definition) is 4. The Balaban J connectivity index is 2.00. The van der Waals surface area contributed by atoms with Crippen molar-refractivity contribution in [3.63, 3.8) is 0 Å². The zero-order valence-corrected chi connectivity index (χ0v) is 16.9. The summed E-state index contributed by atoms with van der Waals surface area (Å²) >= 11 is 1.02. The van der Waals surface area contributed by atoms with Crippen molar-refractivity contribution in [1.29, 1.82) is 5.26 Å². The van der Waals surface area contributed by atoms with Gasteiger partial charge in [0.05, 0.1) is 16.8 Å². The minimum absolute atomic E-state index is 0.0265. The Labute approximate surface area is 179 Å². The van der Waals surface area contributed by atoms with E-state index >= 15 is 0 Å². The van der Waals surface area contributed by atoms with Crippen LogP contribution in [0.5, 0.6) is 5.75 Å². The Bertz CT molecular complexity index is 1090. The summed E-state index contributed by atoms with van der Waals surface area (Å²) in [5, 5.41) is 9.33. The van der Waals surface area contributed by atoms with Crippen molar-refractivity contribution in [1.82, 2.24) is 4.98 Å². The fraction of sp³-hybridized carbons (Fsp3) is 0.182. The van der Waals surface area contributed by atoms with Crippen molar-refractivity contribution >= 4 is 11.8 Å². The van der Waals surface area contributed by atoms with Gasteiger partial charge in [-0.05, 0) is 42.8 Å². The second-order valence-electron chi connectivity index (χ2n) is 6.52. The number of alkyl halides is 5. The van der Waals surface area contributed by atoms with Gasteiger partial charge in [0.2, 0.25) is 0 Å². The van der Waals surface area contributed by atoms with Crippen molar-refractivity contribution < 1.29 is 26.7 Å². The molecule has 0 aliphatic rings. The summed E-state index contributed by atoms with van der Waals surface area (Å²) < 4.78 is 69.8. The largest absolute Gasteiger partial charge is 0.435 e. The predicted molar refractivity (Wildman–Crippen MR) is 107 cm³/mol. The summed E-state index contributed by atoms with van der Waals surface area (Å²) in [6.07, 6.45) is -4.76. The van der Waals surface area contributed by atoms with Crippen LogP contribution in [0.4, 0.5) is 22.0 Å². The van der Waals surface area contributed by atoms with E-state index in [1.165, 1.54) is 24.3 Å². The minimum atomic E-state index is -4.76. The minimum Gasteiger partial charge on any atom is -0.435 e. The molecular formula is C22H15F5N2OS. The number of aromatic nitrogens is 1. The highest BCUT2D eigenvalue weighted by atomic mass is 32.2. The highest BCUT2D eigenvalue weighted by Crippen LogP contribution is 2.38. The van der Waals surface area contributed by atoms with Gasteiger partial charge in [0.15, 0.2) is 0 Å². The van der Waals surface area contributed by atoms with Gasteiger partial charge in [-0.25, -0.2) is 4.98 Å². The normalized spacial score (nSPS) is 11.4. The lowest BCUT2D eigenvalue weighted by molar-refractivity contribution is -0.138. The third-order valence-corrected chi connectivity index (χ3v) is 5.32. The molecule has 160 valence electrons. The molecule has 31 heavy (non-hydrogen) atoms. The Kier molecular flexibility index (Phi) is 6.81. The summed E-state index contributed by atoms with van der Waals surface area (Å²) in [6, 6.07) is 15.0. The maximum atomic E-state index is 13.6. The van der Waals surface area contributed by atoms with Gasteiger partial charge in [-0.2, -0.15) is 27.2 Å². The van der Waals surface area contributed by atoms with E-state index in [4.69, 9.17) is 0 Å². The maximum Gasteiger partial charge on any atom is 0.417 e. The standard InChI is InChI=1S/C22H15F5N2OS/c1-13-2-4-14(5-3-13)12-31-20-17(11-28)18(22(25,26)27)10-19(29-20)15-6-8-16(9-7-15)30-21(23)24/h2-10,21H,12H2,1H3. The molecule has 2 aromatic carbocycles. The number of rotatable bonds is 6. The Morgan fingerprint density at radius 1 is 1.06 bits per heavy atom. The molecule has 3 aromatic rings. The van der Waals surface area contributed by atoms with Crippen LogP contribution in [-0.2, 0) is 11.9 Å². The molecule has 0 radical (unpaired) electrons. The zero-order chi connectivity index (χ0) is 22.6. The molecule has 0 spiro atoms. The molecule has 1 heterocycles. The van der Waals surface area contributed by atoms with Crippen molar-refractivity contribution in [2.75, 3.05) is 0 Å². The van der Waals surface area contributed by atoms with Crippen LogP contribution in [0.2, 0.25) is 0 Å². The SMILES string of the molecule is Cc1ccc(CSc2nc(-c3ccc(OC(F)F)cc3)cc(C(F)(F)F)c2C#N)cc1. The van der Waals surface area contributed by atoms with Crippen LogP contribution in [0, 0.1) is 18.3 Å². The molecule has 0 aliphatic carbocycles. The number of nitrogens with zero attached hydrogens (tertiary/aromatic N) is 2. The van der Waals surface area contributed by atoms with E-state index < -0.39 is 23.9 Å². The van der Waals surface area contributed by atoms with E-state index in [1.54, 1.807) is 6.07 Å². The number of benzene rings is 2. The molecule has 0 amide bonds. The summed E-state index contributed by atoms with van der Waals surface area (Å²) in [7, 11) is 0. The lowest BCUT2D eigenvalue weighted by atomic mass is 10.1. The van der Waals surface area contributed by atoms with Crippen LogP contribution in [-0.4, -0.2) is 11.6 Å². The Hall–Kier alpha value is -3.12. The fourth-order valence-electron chi connectivity index (χ4n) is 2.75. The zero-order valence-electron chi connectivity index (χ0n) is 16.1. The highest BCUT2D eigenvalue weighted by Gasteiger charge is 2.36. The average Bonchev–Trinajstić information content (AvgIpc) is 2.72. The van der Waals surface area contributed by atoms with Crippen LogP contribution >= 0.6 is 11.8 Å². The van der Waals surface area contributed by atoms with Gasteiger partial charge in [0, 0.05) is 11.3 Å². The smallest absolute Gasteiger partial charge is 0.417 e. The number of ether oxygens (including phenoxy) is 1. The molecule has 0 saturated carbocycles. The lowest BCUT2D eigenvalue weighted by Crippen LogP contribution is -2.10.